The second kappa shape index (κ2) is 5.03. The summed E-state index contributed by atoms with van der Waals surface area (Å²) in [4.78, 5) is 11.9. The Balaban J connectivity index is 2.79. The van der Waals surface area contributed by atoms with E-state index in [1.165, 1.54) is 0 Å². The largest absolute Gasteiger partial charge is 0.444 e. The van der Waals surface area contributed by atoms with E-state index in [1.807, 2.05) is 0 Å². The minimum atomic E-state index is -0.958. The van der Waals surface area contributed by atoms with Crippen molar-refractivity contribution in [2.24, 2.45) is 5.73 Å². The zero-order valence-electron chi connectivity index (χ0n) is 11.6. The third-order valence-electron chi connectivity index (χ3n) is 3.18. The number of aliphatic hydroxyl groups excluding tert-OH is 1. The number of hydrogen-bond donors (Lipinski definition) is 3. The fourth-order valence-electron chi connectivity index (χ4n) is 1.91. The van der Waals surface area contributed by atoms with Gasteiger partial charge in [0.05, 0.1) is 24.3 Å². The van der Waals surface area contributed by atoms with Gasteiger partial charge in [-0.1, -0.05) is 0 Å². The lowest BCUT2D eigenvalue weighted by Crippen LogP contribution is -2.70. The molecular formula is C12H24N2O4. The first kappa shape index (κ1) is 15.2. The van der Waals surface area contributed by atoms with Gasteiger partial charge in [-0.05, 0) is 34.1 Å². The first-order chi connectivity index (χ1) is 8.12. The lowest BCUT2D eigenvalue weighted by molar-refractivity contribution is 0.0293. The van der Waals surface area contributed by atoms with Crippen LogP contribution in [0, 0.1) is 0 Å². The van der Waals surface area contributed by atoms with Gasteiger partial charge in [0.25, 0.3) is 0 Å². The highest BCUT2D eigenvalue weighted by atomic mass is 16.6. The average Bonchev–Trinajstić information content (AvgIpc) is 2.64. The van der Waals surface area contributed by atoms with Crippen LogP contribution in [0.15, 0.2) is 0 Å². The molecule has 6 nitrogen and oxygen atoms in total. The molecule has 1 aliphatic heterocycles. The highest BCUT2D eigenvalue weighted by Gasteiger charge is 2.50. The second-order valence-corrected chi connectivity index (χ2v) is 6.09. The molecule has 0 spiro atoms. The SMILES string of the molecule is CC(C)(C)OC(=O)NC1(C(C)(N)CO)CCOC1. The number of hydrogen-bond acceptors (Lipinski definition) is 5. The quantitative estimate of drug-likeness (QED) is 0.682. The van der Waals surface area contributed by atoms with Crippen LogP contribution in [-0.4, -0.2) is 47.7 Å². The van der Waals surface area contributed by atoms with Gasteiger partial charge in [-0.2, -0.15) is 0 Å². The molecule has 0 saturated carbocycles. The fourth-order valence-corrected chi connectivity index (χ4v) is 1.91. The summed E-state index contributed by atoms with van der Waals surface area (Å²) in [7, 11) is 0. The topological polar surface area (TPSA) is 93.8 Å². The van der Waals surface area contributed by atoms with Crippen molar-refractivity contribution in [2.75, 3.05) is 19.8 Å². The fraction of sp³-hybridized carbons (Fsp3) is 0.917. The molecule has 0 aromatic heterocycles. The number of carbonyl (C=O) groups is 1. The van der Waals surface area contributed by atoms with Gasteiger partial charge in [0.2, 0.25) is 0 Å². The molecule has 4 N–H and O–H groups in total. The Hall–Kier alpha value is -0.850. The van der Waals surface area contributed by atoms with Crippen LogP contribution in [0.2, 0.25) is 0 Å². The zero-order chi connectivity index (χ0) is 14.0. The predicted molar refractivity (Wildman–Crippen MR) is 67.2 cm³/mol. The molecule has 6 heteroatoms. The van der Waals surface area contributed by atoms with Gasteiger partial charge < -0.3 is 25.6 Å². The maximum absolute atomic E-state index is 11.9. The molecule has 0 radical (unpaired) electrons. The van der Waals surface area contributed by atoms with Crippen LogP contribution in [0.5, 0.6) is 0 Å². The molecule has 18 heavy (non-hydrogen) atoms. The van der Waals surface area contributed by atoms with E-state index in [2.05, 4.69) is 5.32 Å². The molecule has 2 atom stereocenters. The number of nitrogens with one attached hydrogen (secondary N) is 1. The first-order valence-electron chi connectivity index (χ1n) is 6.11. The maximum Gasteiger partial charge on any atom is 0.408 e. The van der Waals surface area contributed by atoms with Gasteiger partial charge in [-0.25, -0.2) is 4.79 Å². The van der Waals surface area contributed by atoms with E-state index in [9.17, 15) is 9.90 Å². The number of aliphatic hydroxyl groups is 1. The lowest BCUT2D eigenvalue weighted by Gasteiger charge is -2.42. The summed E-state index contributed by atoms with van der Waals surface area (Å²) in [5, 5.41) is 12.2. The smallest absolute Gasteiger partial charge is 0.408 e. The minimum Gasteiger partial charge on any atom is -0.444 e. The Morgan fingerprint density at radius 1 is 1.50 bits per heavy atom. The van der Waals surface area contributed by atoms with Crippen molar-refractivity contribution in [2.45, 2.75) is 50.8 Å². The summed E-state index contributed by atoms with van der Waals surface area (Å²) in [6.07, 6.45) is 0.0120. The van der Waals surface area contributed by atoms with Crippen LogP contribution >= 0.6 is 0 Å². The van der Waals surface area contributed by atoms with Crippen LogP contribution in [0.3, 0.4) is 0 Å². The molecule has 1 amide bonds. The third kappa shape index (κ3) is 3.34. The van der Waals surface area contributed by atoms with E-state index >= 15 is 0 Å². The molecule has 0 aromatic carbocycles. The second-order valence-electron chi connectivity index (χ2n) is 6.09. The molecule has 0 aliphatic carbocycles. The number of carbonyl (C=O) groups excluding carboxylic acids is 1. The molecule has 2 unspecified atom stereocenters. The normalized spacial score (nSPS) is 27.7. The number of alkyl carbamates (subject to hydrolysis) is 1. The molecule has 106 valence electrons. The Bertz CT molecular complexity index is 304. The molecule has 0 aromatic rings. The number of nitrogens with two attached hydrogens (primary N) is 1. The molecular weight excluding hydrogens is 236 g/mol. The average molecular weight is 260 g/mol. The summed E-state index contributed by atoms with van der Waals surface area (Å²) in [5.74, 6) is 0. The third-order valence-corrected chi connectivity index (χ3v) is 3.18. The molecule has 1 rings (SSSR count). The number of ether oxygens (including phenoxy) is 2. The van der Waals surface area contributed by atoms with Crippen molar-refractivity contribution in [3.8, 4) is 0 Å². The summed E-state index contributed by atoms with van der Waals surface area (Å²) in [5.41, 5.74) is 3.75. The molecule has 1 heterocycles. The van der Waals surface area contributed by atoms with Crippen molar-refractivity contribution in [1.29, 1.82) is 0 Å². The summed E-state index contributed by atoms with van der Waals surface area (Å²) < 4.78 is 10.5. The predicted octanol–water partition coefficient (Wildman–Crippen LogP) is 0.380. The van der Waals surface area contributed by atoms with E-state index in [4.69, 9.17) is 15.2 Å². The number of rotatable bonds is 3. The Kier molecular flexibility index (Phi) is 4.25. The van der Waals surface area contributed by atoms with Crippen molar-refractivity contribution in [3.05, 3.63) is 0 Å². The summed E-state index contributed by atoms with van der Waals surface area (Å²) >= 11 is 0. The van der Waals surface area contributed by atoms with Crippen LogP contribution in [0.4, 0.5) is 4.79 Å². The van der Waals surface area contributed by atoms with E-state index < -0.39 is 22.8 Å². The first-order valence-corrected chi connectivity index (χ1v) is 6.11. The number of amides is 1. The van der Waals surface area contributed by atoms with Crippen molar-refractivity contribution in [3.63, 3.8) is 0 Å². The highest BCUT2D eigenvalue weighted by Crippen LogP contribution is 2.29. The highest BCUT2D eigenvalue weighted by molar-refractivity contribution is 5.69. The molecule has 1 saturated heterocycles. The van der Waals surface area contributed by atoms with Gasteiger partial charge in [0.15, 0.2) is 0 Å². The Morgan fingerprint density at radius 2 is 2.11 bits per heavy atom. The van der Waals surface area contributed by atoms with Crippen molar-refractivity contribution < 1.29 is 19.4 Å². The van der Waals surface area contributed by atoms with Gasteiger partial charge >= 0.3 is 6.09 Å². The van der Waals surface area contributed by atoms with Crippen LogP contribution in [0.1, 0.15) is 34.1 Å². The van der Waals surface area contributed by atoms with Crippen molar-refractivity contribution >= 4 is 6.09 Å². The van der Waals surface area contributed by atoms with E-state index in [0.29, 0.717) is 13.0 Å². The molecule has 1 fully saturated rings. The monoisotopic (exact) mass is 260 g/mol. The van der Waals surface area contributed by atoms with Gasteiger partial charge in [0, 0.05) is 6.61 Å². The summed E-state index contributed by atoms with van der Waals surface area (Å²) in [6, 6.07) is 0. The minimum absolute atomic E-state index is 0.244. The van der Waals surface area contributed by atoms with E-state index in [1.54, 1.807) is 27.7 Å². The van der Waals surface area contributed by atoms with E-state index in [-0.39, 0.29) is 13.2 Å². The standard InChI is InChI=1S/C12H24N2O4/c1-10(2,3)18-9(16)14-12(5-6-17-8-12)11(4,13)7-15/h15H,5-8,13H2,1-4H3,(H,14,16). The van der Waals surface area contributed by atoms with Crippen LogP contribution in [0.25, 0.3) is 0 Å². The van der Waals surface area contributed by atoms with Gasteiger partial charge in [0.1, 0.15) is 5.60 Å². The summed E-state index contributed by atoms with van der Waals surface area (Å²) in [6.45, 7) is 7.60. The Morgan fingerprint density at radius 3 is 2.50 bits per heavy atom. The Labute approximate surface area is 108 Å². The van der Waals surface area contributed by atoms with Gasteiger partial charge in [-0.3, -0.25) is 0 Å². The van der Waals surface area contributed by atoms with Crippen molar-refractivity contribution in [1.82, 2.24) is 5.32 Å². The lowest BCUT2D eigenvalue weighted by atomic mass is 9.78. The van der Waals surface area contributed by atoms with Crippen LogP contribution in [-0.2, 0) is 9.47 Å². The molecule has 0 bridgehead atoms. The van der Waals surface area contributed by atoms with E-state index in [0.717, 1.165) is 0 Å². The zero-order valence-corrected chi connectivity index (χ0v) is 11.6. The van der Waals surface area contributed by atoms with Crippen LogP contribution < -0.4 is 11.1 Å². The maximum atomic E-state index is 11.9. The van der Waals surface area contributed by atoms with Gasteiger partial charge in [-0.15, -0.1) is 0 Å². The molecule has 1 aliphatic rings.